The van der Waals surface area contributed by atoms with Crippen molar-refractivity contribution in [3.05, 3.63) is 34.9 Å². The summed E-state index contributed by atoms with van der Waals surface area (Å²) in [6, 6.07) is 8.05. The molecule has 138 valence electrons. The minimum Gasteiger partial charge on any atom is -0.381 e. The predicted octanol–water partition coefficient (Wildman–Crippen LogP) is 2.19. The molecule has 7 heteroatoms. The van der Waals surface area contributed by atoms with Crippen LogP contribution in [-0.2, 0) is 9.47 Å². The molecule has 2 N–H and O–H groups in total. The van der Waals surface area contributed by atoms with Gasteiger partial charge < -0.3 is 20.1 Å². The number of halogens is 1. The Kier molecular flexibility index (Phi) is 6.93. The number of hydrogen-bond donors (Lipinski definition) is 2. The Balaban J connectivity index is 1.58. The van der Waals surface area contributed by atoms with Gasteiger partial charge in [-0.05, 0) is 30.5 Å². The topological polar surface area (TPSA) is 62.8 Å². The van der Waals surface area contributed by atoms with E-state index in [-0.39, 0.29) is 18.1 Å². The molecule has 2 amide bonds. The number of urea groups is 1. The number of nitrogens with one attached hydrogen (secondary N) is 2. The first kappa shape index (κ1) is 18.5. The molecule has 0 bridgehead atoms. The highest BCUT2D eigenvalue weighted by atomic mass is 35.5. The fourth-order valence-corrected chi connectivity index (χ4v) is 3.43. The molecular formula is C18H26ClN3O3. The zero-order valence-corrected chi connectivity index (χ0v) is 15.1. The smallest absolute Gasteiger partial charge is 0.315 e. The zero-order valence-electron chi connectivity index (χ0n) is 14.4. The quantitative estimate of drug-likeness (QED) is 0.837. The summed E-state index contributed by atoms with van der Waals surface area (Å²) in [5, 5.41) is 6.79. The van der Waals surface area contributed by atoms with Crippen LogP contribution in [-0.4, -0.2) is 63.0 Å². The molecule has 2 saturated heterocycles. The van der Waals surface area contributed by atoms with Crippen molar-refractivity contribution >= 4 is 17.6 Å². The van der Waals surface area contributed by atoms with Crippen LogP contribution < -0.4 is 10.6 Å². The first-order valence-corrected chi connectivity index (χ1v) is 9.29. The molecule has 1 unspecified atom stereocenters. The van der Waals surface area contributed by atoms with Crippen molar-refractivity contribution in [3.63, 3.8) is 0 Å². The molecular weight excluding hydrogens is 342 g/mol. The van der Waals surface area contributed by atoms with Crippen molar-refractivity contribution in [2.24, 2.45) is 0 Å². The molecule has 6 nitrogen and oxygen atoms in total. The maximum Gasteiger partial charge on any atom is 0.315 e. The largest absolute Gasteiger partial charge is 0.381 e. The lowest BCUT2D eigenvalue weighted by atomic mass is 10.0. The van der Waals surface area contributed by atoms with Crippen LogP contribution in [0.3, 0.4) is 0 Å². The second-order valence-corrected chi connectivity index (χ2v) is 6.89. The Morgan fingerprint density at radius 2 is 1.76 bits per heavy atom. The number of rotatable bonds is 5. The minimum absolute atomic E-state index is 0.112. The highest BCUT2D eigenvalue weighted by molar-refractivity contribution is 6.30. The lowest BCUT2D eigenvalue weighted by Crippen LogP contribution is -2.48. The van der Waals surface area contributed by atoms with Gasteiger partial charge in [-0.15, -0.1) is 0 Å². The van der Waals surface area contributed by atoms with Gasteiger partial charge in [0.15, 0.2) is 0 Å². The van der Waals surface area contributed by atoms with Gasteiger partial charge in [0.05, 0.1) is 19.3 Å². The number of hydrogen-bond acceptors (Lipinski definition) is 4. The van der Waals surface area contributed by atoms with Gasteiger partial charge in [0.2, 0.25) is 0 Å². The fraction of sp³-hybridized carbons (Fsp3) is 0.611. The summed E-state index contributed by atoms with van der Waals surface area (Å²) in [5.41, 5.74) is 1.15. The average molecular weight is 368 g/mol. The van der Waals surface area contributed by atoms with Crippen LogP contribution in [0.5, 0.6) is 0 Å². The van der Waals surface area contributed by atoms with Crippen molar-refractivity contribution in [1.29, 1.82) is 0 Å². The van der Waals surface area contributed by atoms with Crippen LogP contribution in [0, 0.1) is 0 Å². The predicted molar refractivity (Wildman–Crippen MR) is 97.0 cm³/mol. The average Bonchev–Trinajstić information content (AvgIpc) is 2.65. The van der Waals surface area contributed by atoms with E-state index in [1.807, 2.05) is 24.3 Å². The van der Waals surface area contributed by atoms with Crippen LogP contribution in [0.15, 0.2) is 24.3 Å². The van der Waals surface area contributed by atoms with E-state index < -0.39 is 0 Å². The molecule has 0 aliphatic carbocycles. The van der Waals surface area contributed by atoms with Crippen LogP contribution in [0.4, 0.5) is 4.79 Å². The van der Waals surface area contributed by atoms with Gasteiger partial charge in [-0.3, -0.25) is 4.90 Å². The molecule has 0 radical (unpaired) electrons. The van der Waals surface area contributed by atoms with Crippen LogP contribution in [0.2, 0.25) is 5.02 Å². The van der Waals surface area contributed by atoms with E-state index in [4.69, 9.17) is 21.1 Å². The highest BCUT2D eigenvalue weighted by Gasteiger charge is 2.24. The van der Waals surface area contributed by atoms with Gasteiger partial charge >= 0.3 is 6.03 Å². The molecule has 0 aromatic heterocycles. The Bertz CT molecular complexity index is 543. The summed E-state index contributed by atoms with van der Waals surface area (Å²) in [7, 11) is 0. The van der Waals surface area contributed by atoms with E-state index >= 15 is 0 Å². The first-order valence-electron chi connectivity index (χ1n) is 8.92. The monoisotopic (exact) mass is 367 g/mol. The summed E-state index contributed by atoms with van der Waals surface area (Å²) in [6.45, 7) is 5.14. The first-order chi connectivity index (χ1) is 12.2. The van der Waals surface area contributed by atoms with Crippen molar-refractivity contribution in [2.75, 3.05) is 46.1 Å². The molecule has 0 saturated carbocycles. The number of nitrogens with zero attached hydrogens (tertiary/aromatic N) is 1. The molecule has 25 heavy (non-hydrogen) atoms. The second kappa shape index (κ2) is 9.38. The second-order valence-electron chi connectivity index (χ2n) is 6.46. The molecule has 2 fully saturated rings. The molecule has 2 aliphatic heterocycles. The minimum atomic E-state index is -0.112. The van der Waals surface area contributed by atoms with Gasteiger partial charge in [0.25, 0.3) is 0 Å². The van der Waals surface area contributed by atoms with E-state index in [0.717, 1.165) is 49.7 Å². The third-order valence-electron chi connectivity index (χ3n) is 4.75. The molecule has 2 aliphatic rings. The van der Waals surface area contributed by atoms with Crippen molar-refractivity contribution in [2.45, 2.75) is 24.9 Å². The number of carbonyl (C=O) groups excluding carboxylic acids is 1. The van der Waals surface area contributed by atoms with Gasteiger partial charge in [-0.1, -0.05) is 23.7 Å². The highest BCUT2D eigenvalue weighted by Crippen LogP contribution is 2.23. The third-order valence-corrected chi connectivity index (χ3v) is 5.01. The summed E-state index contributed by atoms with van der Waals surface area (Å²) in [6.07, 6.45) is 1.75. The van der Waals surface area contributed by atoms with Crippen molar-refractivity contribution < 1.29 is 14.3 Å². The number of benzene rings is 1. The molecule has 1 aromatic rings. The Morgan fingerprint density at radius 1 is 1.12 bits per heavy atom. The fourth-order valence-electron chi connectivity index (χ4n) is 3.30. The third kappa shape index (κ3) is 5.57. The van der Waals surface area contributed by atoms with Crippen LogP contribution in [0.25, 0.3) is 0 Å². The normalized spacial score (nSPS) is 20.8. The van der Waals surface area contributed by atoms with Gasteiger partial charge in [-0.25, -0.2) is 4.79 Å². The van der Waals surface area contributed by atoms with Gasteiger partial charge in [-0.2, -0.15) is 0 Å². The lowest BCUT2D eigenvalue weighted by Gasteiger charge is -2.35. The SMILES string of the molecule is O=C(NCC(c1ccc(Cl)cc1)N1CCOCC1)NC1CCOCC1. The van der Waals surface area contributed by atoms with E-state index in [1.54, 1.807) is 0 Å². The molecule has 1 aromatic carbocycles. The van der Waals surface area contributed by atoms with Crippen LogP contribution in [0.1, 0.15) is 24.4 Å². The standard InChI is InChI=1S/C18H26ClN3O3/c19-15-3-1-14(2-4-15)17(22-7-11-25-12-8-22)13-20-18(23)21-16-5-9-24-10-6-16/h1-4,16-17H,5-13H2,(H2,20,21,23). The van der Waals surface area contributed by atoms with E-state index in [1.165, 1.54) is 0 Å². The number of amides is 2. The molecule has 3 rings (SSSR count). The van der Waals surface area contributed by atoms with E-state index in [0.29, 0.717) is 19.8 Å². The van der Waals surface area contributed by atoms with E-state index in [2.05, 4.69) is 15.5 Å². The molecule has 0 spiro atoms. The molecule has 2 heterocycles. The summed E-state index contributed by atoms with van der Waals surface area (Å²) >= 11 is 6.01. The van der Waals surface area contributed by atoms with Gasteiger partial charge in [0.1, 0.15) is 0 Å². The van der Waals surface area contributed by atoms with Crippen molar-refractivity contribution in [1.82, 2.24) is 15.5 Å². The Labute approximate surface area is 153 Å². The Hall–Kier alpha value is -1.34. The maximum absolute atomic E-state index is 12.3. The number of morpholine rings is 1. The maximum atomic E-state index is 12.3. The Morgan fingerprint density at radius 3 is 2.44 bits per heavy atom. The van der Waals surface area contributed by atoms with Crippen LogP contribution >= 0.6 is 11.6 Å². The summed E-state index contributed by atoms with van der Waals surface area (Å²) in [4.78, 5) is 14.6. The van der Waals surface area contributed by atoms with E-state index in [9.17, 15) is 4.79 Å². The zero-order chi connectivity index (χ0) is 17.5. The van der Waals surface area contributed by atoms with Gasteiger partial charge in [0, 0.05) is 43.9 Å². The lowest BCUT2D eigenvalue weighted by molar-refractivity contribution is 0.0166. The summed E-state index contributed by atoms with van der Waals surface area (Å²) in [5.74, 6) is 0. The molecule has 1 atom stereocenters. The number of ether oxygens (including phenoxy) is 2. The number of carbonyl (C=O) groups is 1. The van der Waals surface area contributed by atoms with Crippen molar-refractivity contribution in [3.8, 4) is 0 Å². The summed E-state index contributed by atoms with van der Waals surface area (Å²) < 4.78 is 10.8.